The van der Waals surface area contributed by atoms with Crippen LogP contribution in [-0.4, -0.2) is 19.0 Å². The van der Waals surface area contributed by atoms with Crippen LogP contribution in [0.15, 0.2) is 52.6 Å². The van der Waals surface area contributed by atoms with Crippen LogP contribution in [0.4, 0.5) is 14.5 Å². The van der Waals surface area contributed by atoms with Crippen molar-refractivity contribution < 1.29 is 8.78 Å². The van der Waals surface area contributed by atoms with Gasteiger partial charge in [0.05, 0.1) is 27.0 Å². The van der Waals surface area contributed by atoms with Crippen molar-refractivity contribution in [2.45, 2.75) is 24.3 Å². The van der Waals surface area contributed by atoms with E-state index in [0.717, 1.165) is 15.7 Å². The number of azide groups is 1. The van der Waals surface area contributed by atoms with Crippen molar-refractivity contribution in [1.29, 1.82) is 0 Å². The fourth-order valence-corrected chi connectivity index (χ4v) is 4.81. The Balaban J connectivity index is 2.02. The van der Waals surface area contributed by atoms with Crippen molar-refractivity contribution >= 4 is 56.4 Å². The van der Waals surface area contributed by atoms with Gasteiger partial charge in [-0.05, 0) is 53.4 Å². The summed E-state index contributed by atoms with van der Waals surface area (Å²) in [7, 11) is 0. The molecule has 158 valence electrons. The average Bonchev–Trinajstić information content (AvgIpc) is 3.18. The van der Waals surface area contributed by atoms with Crippen molar-refractivity contribution in [2.24, 2.45) is 5.11 Å². The monoisotopic (exact) mass is 534 g/mol. The van der Waals surface area contributed by atoms with Crippen LogP contribution < -0.4 is 4.90 Å². The molecule has 0 aromatic heterocycles. The maximum atomic E-state index is 15.2. The number of benzene rings is 2. The number of allylic oxidation sites excluding steroid dienone is 1. The van der Waals surface area contributed by atoms with Crippen LogP contribution in [0.3, 0.4) is 0 Å². The van der Waals surface area contributed by atoms with Crippen molar-refractivity contribution in [3.63, 3.8) is 0 Å². The molecular weight excluding hydrogens is 521 g/mol. The second-order valence-corrected chi connectivity index (χ2v) is 9.05. The molecule has 30 heavy (non-hydrogen) atoms. The zero-order chi connectivity index (χ0) is 22.1. The molecule has 0 bridgehead atoms. The molecule has 2 aromatic rings. The van der Waals surface area contributed by atoms with Crippen molar-refractivity contribution in [3.8, 4) is 0 Å². The van der Waals surface area contributed by atoms with E-state index in [-0.39, 0.29) is 34.6 Å². The van der Waals surface area contributed by atoms with Gasteiger partial charge in [0.2, 0.25) is 0 Å². The maximum Gasteiger partial charge on any atom is 0.277 e. The SMILES string of the molecule is C=CC(F)(F)C1(c2cc(Cl)c(Cl)c(Cl)c2)CCN(c2ccc(CN=[N+]=[N-])c(Br)c2)C1. The van der Waals surface area contributed by atoms with Gasteiger partial charge in [-0.3, -0.25) is 0 Å². The van der Waals surface area contributed by atoms with Gasteiger partial charge in [0.15, 0.2) is 0 Å². The van der Waals surface area contributed by atoms with Crippen molar-refractivity contribution in [3.05, 3.63) is 84.1 Å². The molecule has 0 aliphatic carbocycles. The maximum absolute atomic E-state index is 15.2. The smallest absolute Gasteiger partial charge is 0.277 e. The molecule has 0 radical (unpaired) electrons. The molecule has 4 nitrogen and oxygen atoms in total. The summed E-state index contributed by atoms with van der Waals surface area (Å²) in [4.78, 5) is 4.62. The van der Waals surface area contributed by atoms with Gasteiger partial charge in [0.1, 0.15) is 0 Å². The minimum Gasteiger partial charge on any atom is -0.370 e. The standard InChI is InChI=1S/C20H16BrCl3F2N4/c1-2-20(25,26)19(13-7-16(22)18(24)17(23)8-13)5-6-30(11-19)14-4-3-12(10-28-29-27)15(21)9-14/h2-4,7-9H,1,5-6,10-11H2. The van der Waals surface area contributed by atoms with E-state index in [1.807, 2.05) is 17.0 Å². The van der Waals surface area contributed by atoms with E-state index in [1.165, 1.54) is 12.1 Å². The molecule has 0 amide bonds. The van der Waals surface area contributed by atoms with Crippen LogP contribution >= 0.6 is 50.7 Å². The van der Waals surface area contributed by atoms with Gasteiger partial charge in [-0.1, -0.05) is 68.5 Å². The van der Waals surface area contributed by atoms with Crippen molar-refractivity contribution in [1.82, 2.24) is 0 Å². The molecule has 1 unspecified atom stereocenters. The minimum absolute atomic E-state index is 0.0302. The Morgan fingerprint density at radius 1 is 1.27 bits per heavy atom. The number of alkyl halides is 2. The number of hydrogen-bond donors (Lipinski definition) is 0. The highest BCUT2D eigenvalue weighted by Crippen LogP contribution is 2.50. The minimum atomic E-state index is -3.21. The van der Waals surface area contributed by atoms with Crippen LogP contribution in [0.25, 0.3) is 10.4 Å². The van der Waals surface area contributed by atoms with E-state index in [0.29, 0.717) is 18.2 Å². The number of rotatable bonds is 6. The van der Waals surface area contributed by atoms with Crippen molar-refractivity contribution in [2.75, 3.05) is 18.0 Å². The molecule has 10 heteroatoms. The van der Waals surface area contributed by atoms with E-state index in [4.69, 9.17) is 40.3 Å². The summed E-state index contributed by atoms with van der Waals surface area (Å²) in [5.74, 6) is -3.21. The van der Waals surface area contributed by atoms with Gasteiger partial charge in [-0.25, -0.2) is 8.78 Å². The molecular formula is C20H16BrCl3F2N4. The van der Waals surface area contributed by atoms with E-state index in [1.54, 1.807) is 6.07 Å². The first-order valence-electron chi connectivity index (χ1n) is 8.86. The molecule has 1 aliphatic heterocycles. The summed E-state index contributed by atoms with van der Waals surface area (Å²) in [6.45, 7) is 3.97. The lowest BCUT2D eigenvalue weighted by atomic mass is 9.74. The Morgan fingerprint density at radius 2 is 1.93 bits per heavy atom. The summed E-state index contributed by atoms with van der Waals surface area (Å²) in [6, 6.07) is 8.35. The third kappa shape index (κ3) is 4.14. The quantitative estimate of drug-likeness (QED) is 0.121. The lowest BCUT2D eigenvalue weighted by Crippen LogP contribution is -2.46. The van der Waals surface area contributed by atoms with Gasteiger partial charge >= 0.3 is 0 Å². The number of halogens is 6. The first-order chi connectivity index (χ1) is 14.1. The second kappa shape index (κ2) is 8.93. The molecule has 1 aliphatic rings. The molecule has 3 rings (SSSR count). The average molecular weight is 537 g/mol. The lowest BCUT2D eigenvalue weighted by Gasteiger charge is -2.36. The molecule has 0 N–H and O–H groups in total. The molecule has 2 aromatic carbocycles. The largest absolute Gasteiger partial charge is 0.370 e. The predicted molar refractivity (Wildman–Crippen MR) is 122 cm³/mol. The Bertz CT molecular complexity index is 1020. The molecule has 1 fully saturated rings. The van der Waals surface area contributed by atoms with Crippen LogP contribution in [-0.2, 0) is 12.0 Å². The number of hydrogen-bond acceptors (Lipinski definition) is 2. The van der Waals surface area contributed by atoms with Gasteiger partial charge in [-0.2, -0.15) is 0 Å². The highest BCUT2D eigenvalue weighted by atomic mass is 79.9. The Labute approximate surface area is 196 Å². The summed E-state index contributed by atoms with van der Waals surface area (Å²) >= 11 is 21.8. The van der Waals surface area contributed by atoms with Crippen LogP contribution in [0, 0.1) is 0 Å². The summed E-state index contributed by atoms with van der Waals surface area (Å²) in [5.41, 5.74) is 8.81. The van der Waals surface area contributed by atoms with Crippen LogP contribution in [0.1, 0.15) is 17.5 Å². The topological polar surface area (TPSA) is 52.0 Å². The third-order valence-electron chi connectivity index (χ3n) is 5.41. The third-order valence-corrected chi connectivity index (χ3v) is 7.34. The fourth-order valence-electron chi connectivity index (χ4n) is 3.73. The fraction of sp³-hybridized carbons (Fsp3) is 0.300. The van der Waals surface area contributed by atoms with Crippen LogP contribution in [0.5, 0.6) is 0 Å². The number of nitrogens with zero attached hydrogens (tertiary/aromatic N) is 4. The zero-order valence-electron chi connectivity index (χ0n) is 15.6. The van der Waals surface area contributed by atoms with E-state index in [2.05, 4.69) is 32.5 Å². The molecule has 0 spiro atoms. The Kier molecular flexibility index (Phi) is 6.90. The first kappa shape index (κ1) is 23.2. The lowest BCUT2D eigenvalue weighted by molar-refractivity contribution is -0.0234. The second-order valence-electron chi connectivity index (χ2n) is 7.00. The van der Waals surface area contributed by atoms with E-state index >= 15 is 8.78 Å². The first-order valence-corrected chi connectivity index (χ1v) is 10.8. The summed E-state index contributed by atoms with van der Waals surface area (Å²) in [6.07, 6.45) is 0.838. The summed E-state index contributed by atoms with van der Waals surface area (Å²) in [5, 5.41) is 3.94. The van der Waals surface area contributed by atoms with Gasteiger partial charge in [-0.15, -0.1) is 0 Å². The molecule has 1 saturated heterocycles. The number of anilines is 1. The highest BCUT2D eigenvalue weighted by Gasteiger charge is 2.56. The van der Waals surface area contributed by atoms with E-state index in [9.17, 15) is 0 Å². The molecule has 1 heterocycles. The summed E-state index contributed by atoms with van der Waals surface area (Å²) < 4.78 is 31.2. The zero-order valence-corrected chi connectivity index (χ0v) is 19.4. The normalized spacial score (nSPS) is 18.9. The highest BCUT2D eigenvalue weighted by molar-refractivity contribution is 9.10. The Morgan fingerprint density at radius 3 is 2.50 bits per heavy atom. The van der Waals surface area contributed by atoms with Crippen LogP contribution in [0.2, 0.25) is 15.1 Å². The Hall–Kier alpha value is -1.50. The molecule has 1 atom stereocenters. The van der Waals surface area contributed by atoms with E-state index < -0.39 is 11.3 Å². The van der Waals surface area contributed by atoms with Gasteiger partial charge in [0.25, 0.3) is 5.92 Å². The van der Waals surface area contributed by atoms with Gasteiger partial charge < -0.3 is 4.90 Å². The van der Waals surface area contributed by atoms with Gasteiger partial charge in [0, 0.05) is 28.2 Å². The molecule has 0 saturated carbocycles. The predicted octanol–water partition coefficient (Wildman–Crippen LogP) is 8.19.